The van der Waals surface area contributed by atoms with Crippen molar-refractivity contribution in [3.8, 4) is 28.7 Å². The number of urea groups is 1. The molecule has 2 aromatic carbocycles. The second-order valence-electron chi connectivity index (χ2n) is 6.16. The molecule has 0 fully saturated rings. The zero-order valence-electron chi connectivity index (χ0n) is 15.8. The number of carbonyl (C=O) groups is 1. The molecule has 0 spiro atoms. The number of ether oxygens (including phenoxy) is 1. The van der Waals surface area contributed by atoms with E-state index >= 15 is 0 Å². The van der Waals surface area contributed by atoms with E-state index in [-0.39, 0.29) is 0 Å². The van der Waals surface area contributed by atoms with E-state index < -0.39 is 6.03 Å². The maximum Gasteiger partial charge on any atom is 0.324 e. The molecule has 150 valence electrons. The topological polar surface area (TPSA) is 102 Å². The van der Waals surface area contributed by atoms with Gasteiger partial charge < -0.3 is 14.5 Å². The molecule has 2 amide bonds. The van der Waals surface area contributed by atoms with E-state index in [1.54, 1.807) is 49.7 Å². The Labute approximate surface area is 176 Å². The number of hydrogen-bond donors (Lipinski definition) is 2. The van der Waals surface area contributed by atoms with Crippen LogP contribution < -0.4 is 15.4 Å². The Hall–Kier alpha value is -3.91. The second kappa shape index (κ2) is 8.62. The molecule has 2 N–H and O–H groups in total. The lowest BCUT2D eigenvalue weighted by Crippen LogP contribution is -2.19. The first-order valence-electron chi connectivity index (χ1n) is 8.88. The van der Waals surface area contributed by atoms with Crippen LogP contribution in [0.3, 0.4) is 0 Å². The number of rotatable bonds is 5. The van der Waals surface area contributed by atoms with Gasteiger partial charge in [0.1, 0.15) is 11.6 Å². The number of methoxy groups -OCH3 is 1. The van der Waals surface area contributed by atoms with Crippen LogP contribution >= 0.6 is 11.6 Å². The highest BCUT2D eigenvalue weighted by molar-refractivity contribution is 6.30. The minimum absolute atomic E-state index is 0.325. The first kappa shape index (κ1) is 19.4. The number of nitrogens with zero attached hydrogens (tertiary/aromatic N) is 3. The van der Waals surface area contributed by atoms with Gasteiger partial charge in [0, 0.05) is 22.5 Å². The Morgan fingerprint density at radius 3 is 2.20 bits per heavy atom. The van der Waals surface area contributed by atoms with Crippen LogP contribution in [0.25, 0.3) is 22.9 Å². The van der Waals surface area contributed by atoms with Crippen LogP contribution in [0.1, 0.15) is 0 Å². The Morgan fingerprint density at radius 2 is 1.57 bits per heavy atom. The van der Waals surface area contributed by atoms with Crippen LogP contribution in [-0.2, 0) is 0 Å². The van der Waals surface area contributed by atoms with Gasteiger partial charge in [-0.1, -0.05) is 11.6 Å². The number of anilines is 2. The highest BCUT2D eigenvalue weighted by atomic mass is 35.5. The van der Waals surface area contributed by atoms with Crippen molar-refractivity contribution in [2.45, 2.75) is 0 Å². The standard InChI is InChI=1S/C21H16ClN5O3/c1-29-17-9-2-13(3-10-17)19-26-27-20(30-19)14-4-11-18(23-12-14)25-21(28)24-16-7-5-15(22)6-8-16/h2-12H,1H3,(H2,23,24,25,28). The molecule has 8 nitrogen and oxygen atoms in total. The SMILES string of the molecule is COc1ccc(-c2nnc(-c3ccc(NC(=O)Nc4ccc(Cl)cc4)nc3)o2)cc1. The maximum absolute atomic E-state index is 12.1. The fourth-order valence-corrected chi connectivity index (χ4v) is 2.72. The van der Waals surface area contributed by atoms with Crippen molar-refractivity contribution in [2.24, 2.45) is 0 Å². The molecule has 0 unspecified atom stereocenters. The summed E-state index contributed by atoms with van der Waals surface area (Å²) in [6, 6.07) is 17.0. The molecule has 0 atom stereocenters. The third-order valence-electron chi connectivity index (χ3n) is 4.12. The predicted octanol–water partition coefficient (Wildman–Crippen LogP) is 5.10. The summed E-state index contributed by atoms with van der Waals surface area (Å²) in [4.78, 5) is 16.3. The van der Waals surface area contributed by atoms with Gasteiger partial charge in [-0.05, 0) is 60.7 Å². The van der Waals surface area contributed by atoms with Crippen LogP contribution in [0.2, 0.25) is 5.02 Å². The summed E-state index contributed by atoms with van der Waals surface area (Å²) in [5.74, 6) is 1.83. The van der Waals surface area contributed by atoms with Gasteiger partial charge in [-0.15, -0.1) is 10.2 Å². The van der Waals surface area contributed by atoms with Crippen molar-refractivity contribution < 1.29 is 13.9 Å². The second-order valence-corrected chi connectivity index (χ2v) is 6.60. The number of nitrogens with one attached hydrogen (secondary N) is 2. The quantitative estimate of drug-likeness (QED) is 0.464. The summed E-state index contributed by atoms with van der Waals surface area (Å²) < 4.78 is 10.9. The van der Waals surface area contributed by atoms with Crippen molar-refractivity contribution in [1.82, 2.24) is 15.2 Å². The van der Waals surface area contributed by atoms with Crippen LogP contribution in [-0.4, -0.2) is 28.3 Å². The van der Waals surface area contributed by atoms with Crippen LogP contribution in [0.4, 0.5) is 16.3 Å². The monoisotopic (exact) mass is 421 g/mol. The molecule has 0 radical (unpaired) electrons. The van der Waals surface area contributed by atoms with E-state index in [4.69, 9.17) is 20.8 Å². The maximum atomic E-state index is 12.1. The number of benzene rings is 2. The van der Waals surface area contributed by atoms with Crippen molar-refractivity contribution >= 4 is 29.1 Å². The van der Waals surface area contributed by atoms with Crippen LogP contribution in [0.15, 0.2) is 71.3 Å². The number of aromatic nitrogens is 3. The molecular formula is C21H16ClN5O3. The Balaban J connectivity index is 1.41. The largest absolute Gasteiger partial charge is 0.497 e. The van der Waals surface area contributed by atoms with Gasteiger partial charge in [0.2, 0.25) is 11.8 Å². The summed E-state index contributed by atoms with van der Waals surface area (Å²) in [5.41, 5.74) is 2.02. The molecule has 0 aliphatic rings. The molecule has 4 aromatic rings. The smallest absolute Gasteiger partial charge is 0.324 e. The molecular weight excluding hydrogens is 406 g/mol. The highest BCUT2D eigenvalue weighted by Crippen LogP contribution is 2.25. The number of pyridine rings is 1. The molecule has 0 aliphatic heterocycles. The van der Waals surface area contributed by atoms with E-state index in [1.165, 1.54) is 0 Å². The first-order valence-corrected chi connectivity index (χ1v) is 9.26. The lowest BCUT2D eigenvalue weighted by molar-refractivity contribution is 0.262. The van der Waals surface area contributed by atoms with Gasteiger partial charge in [-0.3, -0.25) is 5.32 Å². The first-order chi connectivity index (χ1) is 14.6. The summed E-state index contributed by atoms with van der Waals surface area (Å²) >= 11 is 5.83. The number of halogens is 1. The van der Waals surface area contributed by atoms with Gasteiger partial charge in [0.05, 0.1) is 12.7 Å². The number of hydrogen-bond acceptors (Lipinski definition) is 6. The van der Waals surface area contributed by atoms with Crippen LogP contribution in [0.5, 0.6) is 5.75 Å². The number of carbonyl (C=O) groups excluding carboxylic acids is 1. The lowest BCUT2D eigenvalue weighted by Gasteiger charge is -2.07. The van der Waals surface area contributed by atoms with Crippen molar-refractivity contribution in [1.29, 1.82) is 0 Å². The molecule has 4 rings (SSSR count). The number of amides is 2. The molecule has 0 aliphatic carbocycles. The van der Waals surface area contributed by atoms with E-state index in [9.17, 15) is 4.79 Å². The van der Waals surface area contributed by atoms with Gasteiger partial charge in [0.15, 0.2) is 0 Å². The van der Waals surface area contributed by atoms with Crippen LogP contribution in [0, 0.1) is 0 Å². The summed E-state index contributed by atoms with van der Waals surface area (Å²) in [6.45, 7) is 0. The van der Waals surface area contributed by atoms with E-state index in [1.807, 2.05) is 24.3 Å². The summed E-state index contributed by atoms with van der Waals surface area (Å²) in [5, 5.41) is 14.1. The molecule has 2 heterocycles. The normalized spacial score (nSPS) is 10.5. The average molecular weight is 422 g/mol. The lowest BCUT2D eigenvalue weighted by atomic mass is 10.2. The third-order valence-corrected chi connectivity index (χ3v) is 4.37. The van der Waals surface area contributed by atoms with E-state index in [0.717, 1.165) is 11.3 Å². The summed E-state index contributed by atoms with van der Waals surface area (Å²) in [7, 11) is 1.60. The van der Waals surface area contributed by atoms with Crippen molar-refractivity contribution in [3.63, 3.8) is 0 Å². The highest BCUT2D eigenvalue weighted by Gasteiger charge is 2.12. The van der Waals surface area contributed by atoms with Gasteiger partial charge >= 0.3 is 6.03 Å². The molecule has 0 saturated heterocycles. The molecule has 0 bridgehead atoms. The summed E-state index contributed by atoms with van der Waals surface area (Å²) in [6.07, 6.45) is 1.54. The van der Waals surface area contributed by atoms with Crippen molar-refractivity contribution in [3.05, 3.63) is 71.9 Å². The average Bonchev–Trinajstić information content (AvgIpc) is 3.26. The van der Waals surface area contributed by atoms with E-state index in [2.05, 4.69) is 25.8 Å². The molecule has 30 heavy (non-hydrogen) atoms. The Kier molecular flexibility index (Phi) is 5.58. The third kappa shape index (κ3) is 4.56. The fourth-order valence-electron chi connectivity index (χ4n) is 2.60. The fraction of sp³-hybridized carbons (Fsp3) is 0.0476. The predicted molar refractivity (Wildman–Crippen MR) is 114 cm³/mol. The van der Waals surface area contributed by atoms with Crippen molar-refractivity contribution in [2.75, 3.05) is 17.7 Å². The Bertz CT molecular complexity index is 1140. The Morgan fingerprint density at radius 1 is 0.900 bits per heavy atom. The van der Waals surface area contributed by atoms with Gasteiger partial charge in [0.25, 0.3) is 0 Å². The molecule has 2 aromatic heterocycles. The van der Waals surface area contributed by atoms with E-state index in [0.29, 0.717) is 33.9 Å². The zero-order valence-corrected chi connectivity index (χ0v) is 16.6. The van der Waals surface area contributed by atoms with Gasteiger partial charge in [-0.2, -0.15) is 0 Å². The minimum atomic E-state index is -0.419. The molecule has 0 saturated carbocycles. The van der Waals surface area contributed by atoms with Gasteiger partial charge in [-0.25, -0.2) is 9.78 Å². The zero-order chi connectivity index (χ0) is 20.9. The molecule has 9 heteroatoms. The minimum Gasteiger partial charge on any atom is -0.497 e.